The molecule has 1 aliphatic carbocycles. The number of rotatable bonds is 9. The van der Waals surface area contributed by atoms with E-state index in [0.29, 0.717) is 30.8 Å². The summed E-state index contributed by atoms with van der Waals surface area (Å²) in [5.41, 5.74) is 0.404. The molecule has 0 bridgehead atoms. The first-order chi connectivity index (χ1) is 11.6. The molecule has 1 aliphatic rings. The molecule has 0 aromatic rings. The fraction of sp³-hybridized carbons (Fsp3) is 0.667. The Hall–Kier alpha value is -1.23. The molecule has 142 valence electrons. The molecule has 3 atom stereocenters. The number of allylic oxidation sites excluding steroid dienone is 3. The van der Waals surface area contributed by atoms with Gasteiger partial charge in [0.15, 0.2) is 5.78 Å². The monoisotopic (exact) mass is 350 g/mol. The van der Waals surface area contributed by atoms with Gasteiger partial charge in [0.1, 0.15) is 5.60 Å². The molecule has 0 heterocycles. The molecule has 0 aliphatic heterocycles. The van der Waals surface area contributed by atoms with Crippen molar-refractivity contribution in [1.29, 1.82) is 0 Å². The second kappa shape index (κ2) is 10.0. The number of aliphatic hydroxyl groups excluding tert-OH is 2. The summed E-state index contributed by atoms with van der Waals surface area (Å²) in [6, 6.07) is 0. The van der Waals surface area contributed by atoms with Crippen LogP contribution in [0.1, 0.15) is 65.7 Å². The van der Waals surface area contributed by atoms with Crippen molar-refractivity contribution in [2.24, 2.45) is 5.92 Å². The van der Waals surface area contributed by atoms with Crippen molar-refractivity contribution in [1.82, 2.24) is 0 Å². The summed E-state index contributed by atoms with van der Waals surface area (Å²) in [5.74, 6) is 0.365. The van der Waals surface area contributed by atoms with Gasteiger partial charge in [-0.3, -0.25) is 4.79 Å². The van der Waals surface area contributed by atoms with Gasteiger partial charge in [-0.15, -0.1) is 0 Å². The highest BCUT2D eigenvalue weighted by molar-refractivity contribution is 5.86. The second-order valence-corrected chi connectivity index (χ2v) is 7.81. The summed E-state index contributed by atoms with van der Waals surface area (Å²) in [4.78, 5) is 11.7. The number of unbranched alkanes of at least 4 members (excludes halogenated alkanes) is 1. The zero-order valence-corrected chi connectivity index (χ0v) is 15.9. The Morgan fingerprint density at radius 1 is 1.36 bits per heavy atom. The van der Waals surface area contributed by atoms with Crippen molar-refractivity contribution in [2.75, 3.05) is 0 Å². The Labute approximate surface area is 152 Å². The van der Waals surface area contributed by atoms with E-state index in [2.05, 4.69) is 19.6 Å². The van der Waals surface area contributed by atoms with Crippen LogP contribution in [0.5, 0.6) is 0 Å². The van der Waals surface area contributed by atoms with Crippen LogP contribution in [0.3, 0.4) is 0 Å². The lowest BCUT2D eigenvalue weighted by Gasteiger charge is -2.26. The zero-order valence-electron chi connectivity index (χ0n) is 15.9. The highest BCUT2D eigenvalue weighted by atomic mass is 16.3. The number of Topliss-reactive ketones (excluding diaryl/α,β-unsaturated/α-hetero) is 1. The fourth-order valence-corrected chi connectivity index (χ4v) is 2.95. The van der Waals surface area contributed by atoms with Crippen LogP contribution >= 0.6 is 0 Å². The van der Waals surface area contributed by atoms with Crippen LogP contribution < -0.4 is 0 Å². The third-order valence-electron chi connectivity index (χ3n) is 4.81. The largest absolute Gasteiger partial charge is 0.393 e. The van der Waals surface area contributed by atoms with Crippen LogP contribution in [-0.4, -0.2) is 38.9 Å². The van der Waals surface area contributed by atoms with E-state index in [9.17, 15) is 20.1 Å². The van der Waals surface area contributed by atoms with Gasteiger partial charge in [0, 0.05) is 12.8 Å². The molecule has 0 saturated heterocycles. The van der Waals surface area contributed by atoms with Crippen LogP contribution in [0.4, 0.5) is 0 Å². The number of carbonyl (C=O) groups is 1. The molecule has 0 aromatic carbocycles. The van der Waals surface area contributed by atoms with Crippen LogP contribution in [0.15, 0.2) is 36.0 Å². The Morgan fingerprint density at radius 3 is 2.68 bits per heavy atom. The van der Waals surface area contributed by atoms with E-state index < -0.39 is 17.8 Å². The van der Waals surface area contributed by atoms with Gasteiger partial charge < -0.3 is 15.3 Å². The molecule has 1 saturated carbocycles. The summed E-state index contributed by atoms with van der Waals surface area (Å²) < 4.78 is 0. The van der Waals surface area contributed by atoms with Crippen molar-refractivity contribution in [2.45, 2.75) is 83.5 Å². The van der Waals surface area contributed by atoms with E-state index in [-0.39, 0.29) is 5.78 Å². The molecule has 25 heavy (non-hydrogen) atoms. The highest BCUT2D eigenvalue weighted by Crippen LogP contribution is 2.28. The van der Waals surface area contributed by atoms with Gasteiger partial charge in [-0.2, -0.15) is 0 Å². The first kappa shape index (κ1) is 21.8. The number of ketones is 1. The Balaban J connectivity index is 2.26. The molecule has 1 fully saturated rings. The molecule has 0 amide bonds. The lowest BCUT2D eigenvalue weighted by atomic mass is 9.86. The quantitative estimate of drug-likeness (QED) is 0.557. The molecule has 4 heteroatoms. The number of hydrogen-bond donors (Lipinski definition) is 3. The number of hydrogen-bond acceptors (Lipinski definition) is 4. The Kier molecular flexibility index (Phi) is 8.77. The third-order valence-corrected chi connectivity index (χ3v) is 4.81. The summed E-state index contributed by atoms with van der Waals surface area (Å²) >= 11 is 0. The summed E-state index contributed by atoms with van der Waals surface area (Å²) in [5, 5.41) is 29.1. The minimum absolute atomic E-state index is 0.0945. The predicted molar refractivity (Wildman–Crippen MR) is 101 cm³/mol. The van der Waals surface area contributed by atoms with Gasteiger partial charge in [-0.05, 0) is 56.6 Å². The van der Waals surface area contributed by atoms with Crippen LogP contribution in [0, 0.1) is 5.92 Å². The van der Waals surface area contributed by atoms with Gasteiger partial charge in [-0.25, -0.2) is 0 Å². The maximum Gasteiger partial charge on any atom is 0.163 e. The SMILES string of the molecule is C=C1C(=CC=CCCC[C@@H](C)CCC(=O)C(C)(C)O)C[C@@H](O)C[C@H]1O. The predicted octanol–water partition coefficient (Wildman–Crippen LogP) is 3.47. The fourth-order valence-electron chi connectivity index (χ4n) is 2.95. The molecular weight excluding hydrogens is 316 g/mol. The first-order valence-corrected chi connectivity index (χ1v) is 9.28. The molecule has 0 spiro atoms. The molecule has 0 unspecified atom stereocenters. The van der Waals surface area contributed by atoms with Gasteiger partial charge in [-0.1, -0.05) is 38.2 Å². The number of carbonyl (C=O) groups excluding carboxylic acids is 1. The summed E-state index contributed by atoms with van der Waals surface area (Å²) in [6.07, 6.45) is 10.0. The van der Waals surface area contributed by atoms with Crippen molar-refractivity contribution in [3.63, 3.8) is 0 Å². The highest BCUT2D eigenvalue weighted by Gasteiger charge is 2.25. The van der Waals surface area contributed by atoms with Gasteiger partial charge >= 0.3 is 0 Å². The smallest absolute Gasteiger partial charge is 0.163 e. The van der Waals surface area contributed by atoms with Crippen LogP contribution in [-0.2, 0) is 4.79 Å². The Bertz CT molecular complexity index is 510. The van der Waals surface area contributed by atoms with Gasteiger partial charge in [0.2, 0.25) is 0 Å². The molecule has 3 N–H and O–H groups in total. The van der Waals surface area contributed by atoms with E-state index in [4.69, 9.17) is 0 Å². The van der Waals surface area contributed by atoms with Crippen LogP contribution in [0.2, 0.25) is 0 Å². The second-order valence-electron chi connectivity index (χ2n) is 7.81. The number of aliphatic hydroxyl groups is 3. The third kappa shape index (κ3) is 8.13. The minimum atomic E-state index is -1.22. The molecule has 0 aromatic heterocycles. The maximum absolute atomic E-state index is 11.7. The molecule has 4 nitrogen and oxygen atoms in total. The summed E-state index contributed by atoms with van der Waals surface area (Å²) in [6.45, 7) is 9.11. The maximum atomic E-state index is 11.7. The van der Waals surface area contributed by atoms with Crippen molar-refractivity contribution in [3.05, 3.63) is 36.0 Å². The van der Waals surface area contributed by atoms with Gasteiger partial charge in [0.25, 0.3) is 0 Å². The normalized spacial score (nSPS) is 24.9. The van der Waals surface area contributed by atoms with E-state index in [1.807, 2.05) is 12.2 Å². The first-order valence-electron chi connectivity index (χ1n) is 9.28. The van der Waals surface area contributed by atoms with Gasteiger partial charge in [0.05, 0.1) is 12.2 Å². The lowest BCUT2D eigenvalue weighted by molar-refractivity contribution is -0.134. The van der Waals surface area contributed by atoms with Crippen molar-refractivity contribution in [3.8, 4) is 0 Å². The molecule has 1 rings (SSSR count). The molecule has 0 radical (unpaired) electrons. The standard InChI is InChI=1S/C21H34O4/c1-15(11-12-20(24)21(3,4)25)9-7-5-6-8-10-17-13-18(22)14-19(23)16(17)2/h6,8,10,15,18-19,22-23,25H,2,5,7,9,11-14H2,1,3-4H3/t15-,18-,19-/m1/s1. The van der Waals surface area contributed by atoms with Crippen LogP contribution in [0.25, 0.3) is 0 Å². The topological polar surface area (TPSA) is 77.8 Å². The lowest BCUT2D eigenvalue weighted by Crippen LogP contribution is -2.31. The van der Waals surface area contributed by atoms with E-state index in [1.165, 1.54) is 13.8 Å². The van der Waals surface area contributed by atoms with E-state index >= 15 is 0 Å². The zero-order chi connectivity index (χ0) is 19.0. The minimum Gasteiger partial charge on any atom is -0.393 e. The average molecular weight is 350 g/mol. The Morgan fingerprint density at radius 2 is 2.04 bits per heavy atom. The summed E-state index contributed by atoms with van der Waals surface area (Å²) in [7, 11) is 0. The van der Waals surface area contributed by atoms with Crippen molar-refractivity contribution < 1.29 is 20.1 Å². The molecular formula is C21H34O4. The van der Waals surface area contributed by atoms with E-state index in [0.717, 1.165) is 31.3 Å². The van der Waals surface area contributed by atoms with Crippen molar-refractivity contribution >= 4 is 5.78 Å². The average Bonchev–Trinajstić information content (AvgIpc) is 2.51. The van der Waals surface area contributed by atoms with E-state index in [1.54, 1.807) is 0 Å².